The Labute approximate surface area is 110 Å². The molecule has 96 valence electrons. The summed E-state index contributed by atoms with van der Waals surface area (Å²) in [6, 6.07) is 7.83. The molecule has 0 spiro atoms. The molecule has 2 aromatic rings. The zero-order valence-electron chi connectivity index (χ0n) is 10.5. The molecule has 0 saturated carbocycles. The fourth-order valence-electron chi connectivity index (χ4n) is 1.68. The van der Waals surface area contributed by atoms with E-state index in [1.165, 1.54) is 0 Å². The van der Waals surface area contributed by atoms with Crippen LogP contribution in [-0.4, -0.2) is 23.7 Å². The third kappa shape index (κ3) is 2.71. The van der Waals surface area contributed by atoms with Gasteiger partial charge in [-0.25, -0.2) is 0 Å². The van der Waals surface area contributed by atoms with Gasteiger partial charge in [0.25, 0.3) is 5.91 Å². The van der Waals surface area contributed by atoms with Gasteiger partial charge >= 0.3 is 0 Å². The van der Waals surface area contributed by atoms with Crippen molar-refractivity contribution in [1.29, 1.82) is 0 Å². The van der Waals surface area contributed by atoms with E-state index in [1.54, 1.807) is 11.3 Å². The van der Waals surface area contributed by atoms with Crippen molar-refractivity contribution in [1.82, 2.24) is 5.32 Å². The van der Waals surface area contributed by atoms with Crippen LogP contribution in [0.1, 0.15) is 24.2 Å². The summed E-state index contributed by atoms with van der Waals surface area (Å²) in [5, 5.41) is 15.3. The van der Waals surface area contributed by atoms with Crippen LogP contribution in [0, 0.1) is 5.92 Å². The number of aliphatic hydroxyl groups excluding tert-OH is 1. The van der Waals surface area contributed by atoms with Gasteiger partial charge in [0.1, 0.15) is 0 Å². The molecule has 1 aromatic heterocycles. The molecule has 1 unspecified atom stereocenters. The van der Waals surface area contributed by atoms with Crippen molar-refractivity contribution in [3.05, 3.63) is 35.2 Å². The topological polar surface area (TPSA) is 49.3 Å². The van der Waals surface area contributed by atoms with E-state index in [4.69, 9.17) is 0 Å². The zero-order chi connectivity index (χ0) is 13.1. The molecular weight excluding hydrogens is 246 g/mol. The Morgan fingerprint density at radius 3 is 2.83 bits per heavy atom. The predicted octanol–water partition coefficient (Wildman–Crippen LogP) is 2.65. The van der Waals surface area contributed by atoms with Gasteiger partial charge < -0.3 is 10.4 Å². The summed E-state index contributed by atoms with van der Waals surface area (Å²) in [6.07, 6.45) is -0.501. The SMILES string of the molecule is CC(C)C(O)CNC(=O)c1csc2ccccc12. The molecule has 4 heteroatoms. The number of benzene rings is 1. The Morgan fingerprint density at radius 2 is 2.11 bits per heavy atom. The Balaban J connectivity index is 2.10. The monoisotopic (exact) mass is 263 g/mol. The Hall–Kier alpha value is -1.39. The first-order chi connectivity index (χ1) is 8.59. The largest absolute Gasteiger partial charge is 0.391 e. The number of thiophene rings is 1. The van der Waals surface area contributed by atoms with Crippen molar-refractivity contribution in [3.8, 4) is 0 Å². The minimum atomic E-state index is -0.501. The highest BCUT2D eigenvalue weighted by Crippen LogP contribution is 2.25. The lowest BCUT2D eigenvalue weighted by atomic mass is 10.1. The second-order valence-electron chi connectivity index (χ2n) is 4.67. The molecule has 1 atom stereocenters. The van der Waals surface area contributed by atoms with Gasteiger partial charge in [-0.2, -0.15) is 0 Å². The van der Waals surface area contributed by atoms with Crippen LogP contribution >= 0.6 is 11.3 Å². The van der Waals surface area contributed by atoms with Crippen molar-refractivity contribution < 1.29 is 9.90 Å². The highest BCUT2D eigenvalue weighted by atomic mass is 32.1. The average molecular weight is 263 g/mol. The van der Waals surface area contributed by atoms with Crippen LogP contribution in [0.25, 0.3) is 10.1 Å². The van der Waals surface area contributed by atoms with E-state index in [0.717, 1.165) is 10.1 Å². The minimum Gasteiger partial charge on any atom is -0.391 e. The van der Waals surface area contributed by atoms with Gasteiger partial charge in [-0.3, -0.25) is 4.79 Å². The van der Waals surface area contributed by atoms with E-state index in [-0.39, 0.29) is 11.8 Å². The van der Waals surface area contributed by atoms with Crippen molar-refractivity contribution in [2.75, 3.05) is 6.54 Å². The normalized spacial score (nSPS) is 12.9. The second-order valence-corrected chi connectivity index (χ2v) is 5.58. The fourth-order valence-corrected chi connectivity index (χ4v) is 2.62. The molecule has 18 heavy (non-hydrogen) atoms. The van der Waals surface area contributed by atoms with Crippen LogP contribution in [0.5, 0.6) is 0 Å². The number of fused-ring (bicyclic) bond motifs is 1. The van der Waals surface area contributed by atoms with Crippen LogP contribution in [0.2, 0.25) is 0 Å². The number of aliphatic hydroxyl groups is 1. The number of hydrogen-bond acceptors (Lipinski definition) is 3. The summed E-state index contributed by atoms with van der Waals surface area (Å²) >= 11 is 1.56. The van der Waals surface area contributed by atoms with E-state index in [0.29, 0.717) is 12.1 Å². The summed E-state index contributed by atoms with van der Waals surface area (Å²) < 4.78 is 1.10. The van der Waals surface area contributed by atoms with Crippen LogP contribution in [0.4, 0.5) is 0 Å². The number of carbonyl (C=O) groups excluding carboxylic acids is 1. The summed E-state index contributed by atoms with van der Waals surface area (Å²) in [5.41, 5.74) is 0.687. The lowest BCUT2D eigenvalue weighted by Crippen LogP contribution is -2.34. The van der Waals surface area contributed by atoms with Gasteiger partial charge in [-0.1, -0.05) is 32.0 Å². The first-order valence-corrected chi connectivity index (χ1v) is 6.90. The highest BCUT2D eigenvalue weighted by Gasteiger charge is 2.14. The summed E-state index contributed by atoms with van der Waals surface area (Å²) in [4.78, 5) is 12.0. The second kappa shape index (κ2) is 5.50. The number of carbonyl (C=O) groups is 1. The molecule has 3 nitrogen and oxygen atoms in total. The lowest BCUT2D eigenvalue weighted by molar-refractivity contribution is 0.0873. The average Bonchev–Trinajstić information content (AvgIpc) is 2.79. The van der Waals surface area contributed by atoms with E-state index in [1.807, 2.05) is 43.5 Å². The molecule has 0 bridgehead atoms. The molecule has 0 saturated heterocycles. The predicted molar refractivity (Wildman–Crippen MR) is 75.0 cm³/mol. The van der Waals surface area contributed by atoms with Gasteiger partial charge in [0.15, 0.2) is 0 Å². The summed E-state index contributed by atoms with van der Waals surface area (Å²) in [6.45, 7) is 4.15. The number of nitrogens with one attached hydrogen (secondary N) is 1. The highest BCUT2D eigenvalue weighted by molar-refractivity contribution is 7.17. The Morgan fingerprint density at radius 1 is 1.39 bits per heavy atom. The van der Waals surface area contributed by atoms with E-state index in [9.17, 15) is 9.90 Å². The molecule has 2 rings (SSSR count). The molecule has 0 aliphatic heterocycles. The molecule has 1 amide bonds. The molecule has 1 heterocycles. The van der Waals surface area contributed by atoms with Crippen molar-refractivity contribution in [2.45, 2.75) is 20.0 Å². The van der Waals surface area contributed by atoms with Crippen molar-refractivity contribution in [2.24, 2.45) is 5.92 Å². The van der Waals surface area contributed by atoms with E-state index < -0.39 is 6.10 Å². The van der Waals surface area contributed by atoms with Gasteiger partial charge in [-0.15, -0.1) is 11.3 Å². The maximum absolute atomic E-state index is 12.0. The third-order valence-corrected chi connectivity index (χ3v) is 3.93. The quantitative estimate of drug-likeness (QED) is 0.891. The van der Waals surface area contributed by atoms with Gasteiger partial charge in [0.2, 0.25) is 0 Å². The van der Waals surface area contributed by atoms with Gasteiger partial charge in [0.05, 0.1) is 11.7 Å². The minimum absolute atomic E-state index is 0.118. The maximum atomic E-state index is 12.0. The molecule has 1 aromatic carbocycles. The summed E-state index contributed by atoms with van der Waals surface area (Å²) in [5.74, 6) is 0.0247. The van der Waals surface area contributed by atoms with Crippen LogP contribution in [0.3, 0.4) is 0 Å². The molecular formula is C14H17NO2S. The third-order valence-electron chi connectivity index (χ3n) is 2.97. The van der Waals surface area contributed by atoms with Crippen molar-refractivity contribution in [3.63, 3.8) is 0 Å². The smallest absolute Gasteiger partial charge is 0.252 e. The Kier molecular flexibility index (Phi) is 3.99. The molecule has 2 N–H and O–H groups in total. The number of amides is 1. The van der Waals surface area contributed by atoms with Gasteiger partial charge in [0, 0.05) is 22.0 Å². The first kappa shape index (κ1) is 13.1. The van der Waals surface area contributed by atoms with Crippen LogP contribution in [-0.2, 0) is 0 Å². The zero-order valence-corrected chi connectivity index (χ0v) is 11.3. The summed E-state index contributed by atoms with van der Waals surface area (Å²) in [7, 11) is 0. The van der Waals surface area contributed by atoms with Crippen LogP contribution in [0.15, 0.2) is 29.6 Å². The van der Waals surface area contributed by atoms with Crippen LogP contribution < -0.4 is 5.32 Å². The standard InChI is InChI=1S/C14H17NO2S/c1-9(2)12(16)7-15-14(17)11-8-18-13-6-4-3-5-10(11)13/h3-6,8-9,12,16H,7H2,1-2H3,(H,15,17). The maximum Gasteiger partial charge on any atom is 0.252 e. The lowest BCUT2D eigenvalue weighted by Gasteiger charge is -2.14. The molecule has 0 aliphatic carbocycles. The first-order valence-electron chi connectivity index (χ1n) is 6.02. The van der Waals surface area contributed by atoms with Gasteiger partial charge in [-0.05, 0) is 12.0 Å². The molecule has 0 aliphatic rings. The molecule has 0 radical (unpaired) electrons. The molecule has 0 fully saturated rings. The fraction of sp³-hybridized carbons (Fsp3) is 0.357. The van der Waals surface area contributed by atoms with E-state index >= 15 is 0 Å². The number of rotatable bonds is 4. The van der Waals surface area contributed by atoms with Crippen molar-refractivity contribution >= 4 is 27.3 Å². The van der Waals surface area contributed by atoms with E-state index in [2.05, 4.69) is 5.32 Å². The number of hydrogen-bond donors (Lipinski definition) is 2. The Bertz CT molecular complexity index is 547.